The van der Waals surface area contributed by atoms with E-state index in [1.807, 2.05) is 69.3 Å². The maximum absolute atomic E-state index is 12.8. The van der Waals surface area contributed by atoms with Crippen molar-refractivity contribution in [2.75, 3.05) is 0 Å². The Morgan fingerprint density at radius 2 is 1.64 bits per heavy atom. The van der Waals surface area contributed by atoms with Crippen molar-refractivity contribution in [1.29, 1.82) is 0 Å². The van der Waals surface area contributed by atoms with Crippen LogP contribution in [0, 0.1) is 0 Å². The molecule has 0 aliphatic heterocycles. The Morgan fingerprint density at radius 3 is 2.24 bits per heavy atom. The smallest absolute Gasteiger partial charge is 0.334 e. The second kappa shape index (κ2) is 7.83. The first-order valence-corrected chi connectivity index (χ1v) is 8.64. The van der Waals surface area contributed by atoms with Crippen molar-refractivity contribution < 1.29 is 9.53 Å². The van der Waals surface area contributed by atoms with Gasteiger partial charge in [0.1, 0.15) is 5.60 Å². The average molecular weight is 358 g/mol. The third-order valence-electron chi connectivity index (χ3n) is 3.62. The van der Waals surface area contributed by atoms with E-state index < -0.39 is 11.1 Å². The quantitative estimate of drug-likeness (QED) is 0.551. The first-order valence-electron chi connectivity index (χ1n) is 8.27. The fraction of sp³-hybridized carbons (Fsp3) is 0.333. The molecule has 0 heterocycles. The largest absolute Gasteiger partial charge is 0.458 e. The number of rotatable bonds is 5. The van der Waals surface area contributed by atoms with Gasteiger partial charge in [0.25, 0.3) is 0 Å². The summed E-state index contributed by atoms with van der Waals surface area (Å²) >= 11 is 6.19. The third-order valence-corrected chi connectivity index (χ3v) is 3.97. The fourth-order valence-corrected chi connectivity index (χ4v) is 2.53. The normalized spacial score (nSPS) is 14.3. The molecule has 0 aliphatic carbocycles. The Labute approximate surface area is 154 Å². The van der Waals surface area contributed by atoms with Crippen LogP contribution in [0.5, 0.6) is 0 Å². The molecule has 0 unspecified atom stereocenters. The number of hydrogen-bond donors (Lipinski definition) is 0. The van der Waals surface area contributed by atoms with Crippen LogP contribution in [-0.4, -0.2) is 23.3 Å². The minimum absolute atomic E-state index is 0.354. The zero-order valence-corrected chi connectivity index (χ0v) is 15.9. The van der Waals surface area contributed by atoms with Gasteiger partial charge < -0.3 is 4.74 Å². The Morgan fingerprint density at radius 1 is 1.04 bits per heavy atom. The number of aliphatic imine (C=N–C) groups is 1. The molecule has 3 nitrogen and oxygen atoms in total. The van der Waals surface area contributed by atoms with Gasteiger partial charge in [-0.1, -0.05) is 60.1 Å². The number of carbonyl (C=O) groups is 1. The summed E-state index contributed by atoms with van der Waals surface area (Å²) in [5.41, 5.74) is 0.183. The number of esters is 1. The predicted octanol–water partition coefficient (Wildman–Crippen LogP) is 5.10. The Balaban J connectivity index is 2.34. The van der Waals surface area contributed by atoms with Crippen molar-refractivity contribution in [2.24, 2.45) is 4.99 Å². The molecule has 25 heavy (non-hydrogen) atoms. The molecule has 0 spiro atoms. The van der Waals surface area contributed by atoms with Crippen LogP contribution in [-0.2, 0) is 16.0 Å². The van der Waals surface area contributed by atoms with Crippen LogP contribution in [0.1, 0.15) is 38.8 Å². The van der Waals surface area contributed by atoms with E-state index in [1.54, 1.807) is 19.2 Å². The molecule has 132 valence electrons. The van der Waals surface area contributed by atoms with Gasteiger partial charge in [-0.25, -0.2) is 4.79 Å². The molecule has 0 amide bonds. The van der Waals surface area contributed by atoms with Crippen molar-refractivity contribution >= 4 is 23.8 Å². The van der Waals surface area contributed by atoms with E-state index in [4.69, 9.17) is 16.3 Å². The maximum atomic E-state index is 12.8. The highest BCUT2D eigenvalue weighted by molar-refractivity contribution is 6.33. The summed E-state index contributed by atoms with van der Waals surface area (Å²) in [6, 6.07) is 17.2. The fourth-order valence-electron chi connectivity index (χ4n) is 2.34. The molecule has 0 aromatic heterocycles. The molecule has 0 saturated carbocycles. The Hall–Kier alpha value is -2.13. The summed E-state index contributed by atoms with van der Waals surface area (Å²) < 4.78 is 5.61. The third kappa shape index (κ3) is 5.71. The highest BCUT2D eigenvalue weighted by Crippen LogP contribution is 2.24. The minimum Gasteiger partial charge on any atom is -0.458 e. The number of benzene rings is 2. The lowest BCUT2D eigenvalue weighted by molar-refractivity contribution is -0.160. The molecule has 0 aliphatic rings. The zero-order valence-electron chi connectivity index (χ0n) is 15.1. The van der Waals surface area contributed by atoms with Gasteiger partial charge in [-0.3, -0.25) is 4.99 Å². The molecular weight excluding hydrogens is 334 g/mol. The minimum atomic E-state index is -1.03. The summed E-state index contributed by atoms with van der Waals surface area (Å²) in [4.78, 5) is 17.4. The first-order chi connectivity index (χ1) is 11.7. The Bertz CT molecular complexity index is 750. The summed E-state index contributed by atoms with van der Waals surface area (Å²) in [5, 5.41) is 0.595. The molecule has 0 fully saturated rings. The highest BCUT2D eigenvalue weighted by Gasteiger charge is 2.36. The van der Waals surface area contributed by atoms with E-state index in [0.717, 1.165) is 11.1 Å². The standard InChI is InChI=1S/C21H24ClNO2/c1-20(2,3)25-19(24)21(4,14-16-10-6-5-7-11-16)23-15-17-12-8-9-13-18(17)22/h5-13,15H,14H2,1-4H3/t21-/m0/s1. The molecule has 2 aromatic carbocycles. The molecule has 2 rings (SSSR count). The van der Waals surface area contributed by atoms with Crippen molar-refractivity contribution in [3.8, 4) is 0 Å². The van der Waals surface area contributed by atoms with Gasteiger partial charge in [0.15, 0.2) is 5.54 Å². The first kappa shape index (κ1) is 19.2. The molecule has 4 heteroatoms. The van der Waals surface area contributed by atoms with E-state index in [1.165, 1.54) is 0 Å². The summed E-state index contributed by atoms with van der Waals surface area (Å²) in [5.74, 6) is -0.354. The monoisotopic (exact) mass is 357 g/mol. The van der Waals surface area contributed by atoms with Gasteiger partial charge in [-0.05, 0) is 39.3 Å². The molecule has 2 aromatic rings. The summed E-state index contributed by atoms with van der Waals surface area (Å²) in [7, 11) is 0. The van der Waals surface area contributed by atoms with E-state index in [2.05, 4.69) is 4.99 Å². The predicted molar refractivity (Wildman–Crippen MR) is 103 cm³/mol. The summed E-state index contributed by atoms with van der Waals surface area (Å²) in [6.45, 7) is 7.35. The van der Waals surface area contributed by atoms with Gasteiger partial charge in [0.05, 0.1) is 0 Å². The molecule has 1 atom stereocenters. The average Bonchev–Trinajstić information content (AvgIpc) is 2.53. The van der Waals surface area contributed by atoms with Gasteiger partial charge >= 0.3 is 5.97 Å². The maximum Gasteiger partial charge on any atom is 0.334 e. The van der Waals surface area contributed by atoms with E-state index in [0.29, 0.717) is 11.4 Å². The number of ether oxygens (including phenoxy) is 1. The van der Waals surface area contributed by atoms with Gasteiger partial charge in [-0.15, -0.1) is 0 Å². The lowest BCUT2D eigenvalue weighted by Gasteiger charge is -2.28. The van der Waals surface area contributed by atoms with Crippen LogP contribution in [0.15, 0.2) is 59.6 Å². The van der Waals surface area contributed by atoms with Gasteiger partial charge in [0, 0.05) is 23.2 Å². The molecule has 0 saturated heterocycles. The zero-order chi connectivity index (χ0) is 18.5. The number of carbonyl (C=O) groups excluding carboxylic acids is 1. The van der Waals surface area contributed by atoms with Crippen molar-refractivity contribution in [1.82, 2.24) is 0 Å². The van der Waals surface area contributed by atoms with Crippen LogP contribution in [0.2, 0.25) is 5.02 Å². The van der Waals surface area contributed by atoms with Crippen molar-refractivity contribution in [2.45, 2.75) is 45.3 Å². The SMILES string of the molecule is CC(C)(C)OC(=O)[C@](C)(Cc1ccccc1)N=Cc1ccccc1Cl. The lowest BCUT2D eigenvalue weighted by Crippen LogP contribution is -2.41. The van der Waals surface area contributed by atoms with Crippen LogP contribution in [0.25, 0.3) is 0 Å². The molecule has 0 bridgehead atoms. The molecule has 0 N–H and O–H groups in total. The number of nitrogens with zero attached hydrogens (tertiary/aromatic N) is 1. The highest BCUT2D eigenvalue weighted by atomic mass is 35.5. The second-order valence-electron chi connectivity index (χ2n) is 7.22. The molecule has 0 radical (unpaired) electrons. The van der Waals surface area contributed by atoms with Crippen LogP contribution < -0.4 is 0 Å². The van der Waals surface area contributed by atoms with Crippen molar-refractivity contribution in [3.63, 3.8) is 0 Å². The number of hydrogen-bond acceptors (Lipinski definition) is 3. The summed E-state index contributed by atoms with van der Waals surface area (Å²) in [6.07, 6.45) is 2.10. The van der Waals surface area contributed by atoms with Crippen LogP contribution in [0.4, 0.5) is 0 Å². The topological polar surface area (TPSA) is 38.7 Å². The van der Waals surface area contributed by atoms with Crippen molar-refractivity contribution in [3.05, 3.63) is 70.7 Å². The molecular formula is C21H24ClNO2. The second-order valence-corrected chi connectivity index (χ2v) is 7.63. The van der Waals surface area contributed by atoms with E-state index in [-0.39, 0.29) is 5.97 Å². The number of halogens is 1. The van der Waals surface area contributed by atoms with Crippen LogP contribution >= 0.6 is 11.6 Å². The van der Waals surface area contributed by atoms with E-state index in [9.17, 15) is 4.79 Å². The van der Waals surface area contributed by atoms with Gasteiger partial charge in [0.2, 0.25) is 0 Å². The van der Waals surface area contributed by atoms with Crippen LogP contribution in [0.3, 0.4) is 0 Å². The van der Waals surface area contributed by atoms with E-state index >= 15 is 0 Å². The van der Waals surface area contributed by atoms with Gasteiger partial charge in [-0.2, -0.15) is 0 Å². The Kier molecular flexibility index (Phi) is 6.02. The lowest BCUT2D eigenvalue weighted by atomic mass is 9.93.